The molecule has 0 bridgehead atoms. The highest BCUT2D eigenvalue weighted by atomic mass is 35.5. The van der Waals surface area contributed by atoms with Crippen molar-refractivity contribution >= 4 is 46.4 Å². The molecule has 0 saturated carbocycles. The Morgan fingerprint density at radius 1 is 1.14 bits per heavy atom. The molecule has 0 saturated heterocycles. The first-order valence-electron chi connectivity index (χ1n) is 6.68. The fourth-order valence-electron chi connectivity index (χ4n) is 2.50. The van der Waals surface area contributed by atoms with Gasteiger partial charge in [-0.25, -0.2) is 0 Å². The van der Waals surface area contributed by atoms with Gasteiger partial charge in [-0.05, 0) is 29.8 Å². The molecule has 0 fully saturated rings. The van der Waals surface area contributed by atoms with Crippen LogP contribution in [-0.2, 0) is 9.59 Å². The Balaban J connectivity index is 1.87. The number of hydrogen-bond acceptors (Lipinski definition) is 2. The molecule has 1 aliphatic heterocycles. The summed E-state index contributed by atoms with van der Waals surface area (Å²) < 4.78 is 0. The van der Waals surface area contributed by atoms with E-state index in [0.29, 0.717) is 21.4 Å². The molecule has 1 heterocycles. The molecule has 1 atom stereocenters. The molecule has 4 nitrogen and oxygen atoms in total. The minimum Gasteiger partial charge on any atom is -0.326 e. The third kappa shape index (κ3) is 3.08. The molecule has 2 aromatic carbocycles. The summed E-state index contributed by atoms with van der Waals surface area (Å²) in [6.07, 6.45) is 0.108. The smallest absolute Gasteiger partial charge is 0.232 e. The van der Waals surface area contributed by atoms with Crippen LogP contribution in [0.1, 0.15) is 17.9 Å². The van der Waals surface area contributed by atoms with Crippen LogP contribution in [0.25, 0.3) is 0 Å². The van der Waals surface area contributed by atoms with Crippen LogP contribution < -0.4 is 10.6 Å². The van der Waals surface area contributed by atoms with Crippen molar-refractivity contribution in [1.29, 1.82) is 0 Å². The average molecular weight is 335 g/mol. The van der Waals surface area contributed by atoms with E-state index in [9.17, 15) is 9.59 Å². The van der Waals surface area contributed by atoms with Crippen molar-refractivity contribution in [2.45, 2.75) is 12.3 Å². The summed E-state index contributed by atoms with van der Waals surface area (Å²) in [7, 11) is 0. The van der Waals surface area contributed by atoms with Crippen LogP contribution in [0.15, 0.2) is 42.5 Å². The fraction of sp³-hybridized carbons (Fsp3) is 0.125. The second kappa shape index (κ2) is 5.99. The Hall–Kier alpha value is -2.04. The number of halogens is 2. The fourth-order valence-corrected chi connectivity index (χ4v) is 3.03. The van der Waals surface area contributed by atoms with Gasteiger partial charge in [0.25, 0.3) is 0 Å². The number of nitrogens with one attached hydrogen (secondary N) is 2. The lowest BCUT2D eigenvalue weighted by atomic mass is 9.90. The molecule has 0 unspecified atom stereocenters. The summed E-state index contributed by atoms with van der Waals surface area (Å²) >= 11 is 11.8. The molecule has 0 radical (unpaired) electrons. The monoisotopic (exact) mass is 334 g/mol. The lowest BCUT2D eigenvalue weighted by Crippen LogP contribution is -2.30. The molecule has 22 heavy (non-hydrogen) atoms. The predicted molar refractivity (Wildman–Crippen MR) is 87.5 cm³/mol. The maximum absolute atomic E-state index is 12.5. The van der Waals surface area contributed by atoms with E-state index in [1.54, 1.807) is 24.3 Å². The summed E-state index contributed by atoms with van der Waals surface area (Å²) in [5.41, 5.74) is 1.97. The number of carbonyl (C=O) groups is 2. The number of benzene rings is 2. The van der Waals surface area contributed by atoms with Gasteiger partial charge in [0.05, 0.1) is 5.92 Å². The molecule has 0 aromatic heterocycles. The highest BCUT2D eigenvalue weighted by Crippen LogP contribution is 2.33. The van der Waals surface area contributed by atoms with Crippen LogP contribution >= 0.6 is 23.2 Å². The molecule has 112 valence electrons. The Labute approximate surface area is 137 Å². The Morgan fingerprint density at radius 2 is 1.82 bits per heavy atom. The molecule has 3 rings (SSSR count). The summed E-state index contributed by atoms with van der Waals surface area (Å²) in [6.45, 7) is 0. The summed E-state index contributed by atoms with van der Waals surface area (Å²) in [5.74, 6) is -0.980. The Bertz CT molecular complexity index is 741. The van der Waals surface area contributed by atoms with Gasteiger partial charge in [-0.3, -0.25) is 9.59 Å². The van der Waals surface area contributed by atoms with Gasteiger partial charge < -0.3 is 10.6 Å². The lowest BCUT2D eigenvalue weighted by Gasteiger charge is -2.24. The first kappa shape index (κ1) is 14.9. The standard InChI is InChI=1S/C16H12Cl2N2O2/c17-9-5-10(18)7-11(6-9)19-16(22)13-8-15(21)20-14-4-2-1-3-12(13)14/h1-7,13H,8H2,(H,19,22)(H,20,21)/t13-/m0/s1. The van der Waals surface area contributed by atoms with E-state index >= 15 is 0 Å². The van der Waals surface area contributed by atoms with E-state index in [-0.39, 0.29) is 18.2 Å². The third-order valence-electron chi connectivity index (χ3n) is 3.45. The molecule has 1 aliphatic rings. The minimum absolute atomic E-state index is 0.108. The van der Waals surface area contributed by atoms with Crippen molar-refractivity contribution in [3.8, 4) is 0 Å². The zero-order valence-electron chi connectivity index (χ0n) is 11.4. The van der Waals surface area contributed by atoms with Crippen LogP contribution in [0.5, 0.6) is 0 Å². The van der Waals surface area contributed by atoms with Crippen molar-refractivity contribution in [2.24, 2.45) is 0 Å². The van der Waals surface area contributed by atoms with Crippen LogP contribution in [0, 0.1) is 0 Å². The number of rotatable bonds is 2. The summed E-state index contributed by atoms with van der Waals surface area (Å²) in [4.78, 5) is 24.3. The molecule has 2 N–H and O–H groups in total. The van der Waals surface area contributed by atoms with Crippen LogP contribution in [0.2, 0.25) is 10.0 Å². The van der Waals surface area contributed by atoms with Gasteiger partial charge in [-0.2, -0.15) is 0 Å². The van der Waals surface area contributed by atoms with Crippen LogP contribution in [0.3, 0.4) is 0 Å². The highest BCUT2D eigenvalue weighted by Gasteiger charge is 2.30. The molecule has 0 spiro atoms. The number of para-hydroxylation sites is 1. The SMILES string of the molecule is O=C1C[C@H](C(=O)Nc2cc(Cl)cc(Cl)c2)c2ccccc2N1. The second-order valence-corrected chi connectivity index (χ2v) is 5.91. The number of amides is 2. The predicted octanol–water partition coefficient (Wildman–Crippen LogP) is 4.06. The molecule has 6 heteroatoms. The largest absolute Gasteiger partial charge is 0.326 e. The quantitative estimate of drug-likeness (QED) is 0.870. The van der Waals surface area contributed by atoms with Crippen molar-refractivity contribution in [2.75, 3.05) is 10.6 Å². The zero-order chi connectivity index (χ0) is 15.7. The van der Waals surface area contributed by atoms with Gasteiger partial charge >= 0.3 is 0 Å². The maximum Gasteiger partial charge on any atom is 0.232 e. The zero-order valence-corrected chi connectivity index (χ0v) is 12.9. The summed E-state index contributed by atoms with van der Waals surface area (Å²) in [6, 6.07) is 12.1. The van der Waals surface area contributed by atoms with Gasteiger partial charge in [0.1, 0.15) is 0 Å². The molecular weight excluding hydrogens is 323 g/mol. The number of anilines is 2. The highest BCUT2D eigenvalue weighted by molar-refractivity contribution is 6.35. The Morgan fingerprint density at radius 3 is 2.55 bits per heavy atom. The van der Waals surface area contributed by atoms with Gasteiger partial charge in [0, 0.05) is 27.8 Å². The van der Waals surface area contributed by atoms with Gasteiger partial charge in [-0.1, -0.05) is 41.4 Å². The molecular formula is C16H12Cl2N2O2. The number of carbonyl (C=O) groups excluding carboxylic acids is 2. The van der Waals surface area contributed by atoms with E-state index in [1.165, 1.54) is 0 Å². The molecule has 2 amide bonds. The van der Waals surface area contributed by atoms with Crippen LogP contribution in [0.4, 0.5) is 11.4 Å². The topological polar surface area (TPSA) is 58.2 Å². The van der Waals surface area contributed by atoms with E-state index in [2.05, 4.69) is 10.6 Å². The summed E-state index contributed by atoms with van der Waals surface area (Å²) in [5, 5.41) is 6.40. The van der Waals surface area contributed by atoms with E-state index in [4.69, 9.17) is 23.2 Å². The minimum atomic E-state index is -0.539. The van der Waals surface area contributed by atoms with Gasteiger partial charge in [0.2, 0.25) is 11.8 Å². The first-order chi connectivity index (χ1) is 10.5. The third-order valence-corrected chi connectivity index (χ3v) is 3.88. The first-order valence-corrected chi connectivity index (χ1v) is 7.44. The molecule has 0 aliphatic carbocycles. The number of hydrogen-bond donors (Lipinski definition) is 2. The van der Waals surface area contributed by atoms with Gasteiger partial charge in [0.15, 0.2) is 0 Å². The lowest BCUT2D eigenvalue weighted by molar-refractivity contribution is -0.123. The maximum atomic E-state index is 12.5. The molecule has 2 aromatic rings. The van der Waals surface area contributed by atoms with E-state index in [0.717, 1.165) is 5.56 Å². The second-order valence-electron chi connectivity index (χ2n) is 5.04. The van der Waals surface area contributed by atoms with Crippen molar-refractivity contribution < 1.29 is 9.59 Å². The van der Waals surface area contributed by atoms with E-state index < -0.39 is 5.92 Å². The van der Waals surface area contributed by atoms with Gasteiger partial charge in [-0.15, -0.1) is 0 Å². The number of fused-ring (bicyclic) bond motifs is 1. The van der Waals surface area contributed by atoms with Crippen molar-refractivity contribution in [3.05, 3.63) is 58.1 Å². The Kier molecular flexibility index (Phi) is 4.05. The normalized spacial score (nSPS) is 16.6. The van der Waals surface area contributed by atoms with Crippen molar-refractivity contribution in [3.63, 3.8) is 0 Å². The van der Waals surface area contributed by atoms with Crippen LogP contribution in [-0.4, -0.2) is 11.8 Å². The van der Waals surface area contributed by atoms with E-state index in [1.807, 2.05) is 18.2 Å². The van der Waals surface area contributed by atoms with Crippen molar-refractivity contribution in [1.82, 2.24) is 0 Å². The average Bonchev–Trinajstić information content (AvgIpc) is 2.45.